The highest BCUT2D eigenvalue weighted by Crippen LogP contribution is 2.20. The van der Waals surface area contributed by atoms with Gasteiger partial charge in [0.05, 0.1) is 11.4 Å². The first kappa shape index (κ1) is 14.9. The molecule has 1 aromatic rings. The van der Waals surface area contributed by atoms with Crippen LogP contribution < -0.4 is 16.4 Å². The Morgan fingerprint density at radius 2 is 2.19 bits per heavy atom. The fourth-order valence-electron chi connectivity index (χ4n) is 2.13. The van der Waals surface area contributed by atoms with Crippen molar-refractivity contribution in [1.82, 2.24) is 10.2 Å². The van der Waals surface area contributed by atoms with E-state index in [-0.39, 0.29) is 11.5 Å². The van der Waals surface area contributed by atoms with E-state index in [1.165, 1.54) is 6.20 Å². The van der Waals surface area contributed by atoms with Crippen molar-refractivity contribution < 1.29 is 4.79 Å². The first-order valence-corrected chi connectivity index (χ1v) is 6.84. The first-order chi connectivity index (χ1) is 10.1. The Hall–Kier alpha value is -2.52. The topological polar surface area (TPSA) is 94.2 Å². The number of amides is 1. The number of nitrogens with one attached hydrogen (secondary N) is 2. The first-order valence-electron chi connectivity index (χ1n) is 6.84. The molecule has 0 atom stereocenters. The Labute approximate surface area is 124 Å². The maximum absolute atomic E-state index is 12.2. The van der Waals surface area contributed by atoms with Crippen LogP contribution in [0.25, 0.3) is 0 Å². The van der Waals surface area contributed by atoms with Gasteiger partial charge >= 0.3 is 0 Å². The van der Waals surface area contributed by atoms with Gasteiger partial charge in [0, 0.05) is 32.4 Å². The molecule has 0 aromatic heterocycles. The van der Waals surface area contributed by atoms with Crippen LogP contribution in [-0.4, -0.2) is 37.0 Å². The predicted octanol–water partition coefficient (Wildman–Crippen LogP) is 0.828. The molecule has 110 valence electrons. The van der Waals surface area contributed by atoms with Gasteiger partial charge in [0.25, 0.3) is 5.91 Å². The Morgan fingerprint density at radius 3 is 2.86 bits per heavy atom. The maximum Gasteiger partial charge on any atom is 0.266 e. The van der Waals surface area contributed by atoms with Crippen LogP contribution in [0.5, 0.6) is 0 Å². The van der Waals surface area contributed by atoms with Crippen LogP contribution in [0.4, 0.5) is 11.4 Å². The van der Waals surface area contributed by atoms with Gasteiger partial charge in [-0.3, -0.25) is 4.79 Å². The van der Waals surface area contributed by atoms with Crippen molar-refractivity contribution in [2.24, 2.45) is 0 Å². The molecule has 0 unspecified atom stereocenters. The van der Waals surface area contributed by atoms with Gasteiger partial charge in [0.2, 0.25) is 0 Å². The minimum atomic E-state index is -0.252. The summed E-state index contributed by atoms with van der Waals surface area (Å²) in [6.07, 6.45) is 1.43. The van der Waals surface area contributed by atoms with Crippen LogP contribution in [0.15, 0.2) is 30.0 Å². The minimum Gasteiger partial charge on any atom is -0.397 e. The van der Waals surface area contributed by atoms with E-state index in [2.05, 4.69) is 10.6 Å². The number of benzene rings is 1. The number of piperazine rings is 1. The van der Waals surface area contributed by atoms with E-state index in [9.17, 15) is 10.1 Å². The number of carbonyl (C=O) groups excluding carboxylic acids is 1. The molecule has 1 saturated heterocycles. The van der Waals surface area contributed by atoms with Crippen molar-refractivity contribution in [3.05, 3.63) is 35.5 Å². The zero-order valence-corrected chi connectivity index (χ0v) is 12.0. The molecule has 2 rings (SSSR count). The van der Waals surface area contributed by atoms with E-state index in [0.717, 1.165) is 18.7 Å². The highest BCUT2D eigenvalue weighted by Gasteiger charge is 2.19. The molecule has 0 bridgehead atoms. The zero-order valence-electron chi connectivity index (χ0n) is 12.0. The summed E-state index contributed by atoms with van der Waals surface area (Å²) < 4.78 is 0. The second-order valence-electron chi connectivity index (χ2n) is 4.95. The second kappa shape index (κ2) is 6.77. The summed E-state index contributed by atoms with van der Waals surface area (Å²) in [5.74, 6) is -0.252. The fourth-order valence-corrected chi connectivity index (χ4v) is 2.13. The molecule has 1 amide bonds. The van der Waals surface area contributed by atoms with Gasteiger partial charge in [0.15, 0.2) is 0 Å². The lowest BCUT2D eigenvalue weighted by Crippen LogP contribution is -2.46. The van der Waals surface area contributed by atoms with E-state index >= 15 is 0 Å². The molecule has 1 heterocycles. The molecular formula is C15H19N5O. The van der Waals surface area contributed by atoms with Crippen LogP contribution in [-0.2, 0) is 4.79 Å². The molecule has 1 aliphatic rings. The summed E-state index contributed by atoms with van der Waals surface area (Å²) in [6.45, 7) is 4.69. The summed E-state index contributed by atoms with van der Waals surface area (Å²) in [4.78, 5) is 13.9. The Balaban J connectivity index is 2.11. The highest BCUT2D eigenvalue weighted by molar-refractivity contribution is 5.97. The number of rotatable bonds is 3. The zero-order chi connectivity index (χ0) is 15.2. The molecule has 1 aromatic carbocycles. The molecule has 0 radical (unpaired) electrons. The summed E-state index contributed by atoms with van der Waals surface area (Å²) in [6, 6.07) is 7.51. The smallest absolute Gasteiger partial charge is 0.266 e. The van der Waals surface area contributed by atoms with E-state index in [1.807, 2.05) is 25.1 Å². The molecule has 6 heteroatoms. The summed E-state index contributed by atoms with van der Waals surface area (Å²) in [5.41, 5.74) is 8.25. The number of anilines is 2. The monoisotopic (exact) mass is 285 g/mol. The van der Waals surface area contributed by atoms with Crippen molar-refractivity contribution in [3.8, 4) is 6.07 Å². The van der Waals surface area contributed by atoms with Crippen LogP contribution in [0.2, 0.25) is 0 Å². The van der Waals surface area contributed by atoms with E-state index in [4.69, 9.17) is 5.73 Å². The predicted molar refractivity (Wildman–Crippen MR) is 82.4 cm³/mol. The summed E-state index contributed by atoms with van der Waals surface area (Å²) in [5, 5.41) is 15.3. The Bertz CT molecular complexity index is 597. The number of nitrogens with zero attached hydrogens (tertiary/aromatic N) is 2. The Morgan fingerprint density at radius 1 is 1.48 bits per heavy atom. The quantitative estimate of drug-likeness (QED) is 0.434. The van der Waals surface area contributed by atoms with Gasteiger partial charge < -0.3 is 21.3 Å². The van der Waals surface area contributed by atoms with Crippen LogP contribution >= 0.6 is 0 Å². The number of carbonyl (C=O) groups is 1. The molecular weight excluding hydrogens is 266 g/mol. The molecule has 1 aliphatic heterocycles. The standard InChI is InChI=1S/C15H19N5O/c1-11-2-3-13(17)14(8-11)19-10-12(9-16)15(21)20-6-4-18-5-7-20/h2-3,8,10,18-19H,4-7,17H2,1H3/b12-10-. The van der Waals surface area contributed by atoms with Crippen molar-refractivity contribution in [1.29, 1.82) is 5.26 Å². The lowest BCUT2D eigenvalue weighted by Gasteiger charge is -2.27. The SMILES string of the molecule is Cc1ccc(N)c(N/C=C(/C#N)C(=O)N2CCNCC2)c1. The molecule has 4 N–H and O–H groups in total. The van der Waals surface area contributed by atoms with Crippen molar-refractivity contribution >= 4 is 17.3 Å². The molecule has 6 nitrogen and oxygen atoms in total. The van der Waals surface area contributed by atoms with Crippen molar-refractivity contribution in [3.63, 3.8) is 0 Å². The summed E-state index contributed by atoms with van der Waals surface area (Å²) >= 11 is 0. The van der Waals surface area contributed by atoms with Gasteiger partial charge in [0.1, 0.15) is 11.6 Å². The van der Waals surface area contributed by atoms with Crippen LogP contribution in [0.1, 0.15) is 5.56 Å². The largest absolute Gasteiger partial charge is 0.397 e. The normalized spacial score (nSPS) is 15.4. The minimum absolute atomic E-state index is 0.0813. The highest BCUT2D eigenvalue weighted by atomic mass is 16.2. The van der Waals surface area contributed by atoms with Crippen LogP contribution in [0.3, 0.4) is 0 Å². The van der Waals surface area contributed by atoms with E-state index in [1.54, 1.807) is 11.0 Å². The third-order valence-electron chi connectivity index (χ3n) is 3.34. The molecule has 0 saturated carbocycles. The average Bonchev–Trinajstić information content (AvgIpc) is 2.51. The maximum atomic E-state index is 12.2. The van der Waals surface area contributed by atoms with E-state index in [0.29, 0.717) is 24.5 Å². The number of hydrogen-bond acceptors (Lipinski definition) is 5. The van der Waals surface area contributed by atoms with Gasteiger partial charge in [-0.15, -0.1) is 0 Å². The lowest BCUT2D eigenvalue weighted by molar-refractivity contribution is -0.127. The molecule has 21 heavy (non-hydrogen) atoms. The van der Waals surface area contributed by atoms with E-state index < -0.39 is 0 Å². The van der Waals surface area contributed by atoms with Crippen molar-refractivity contribution in [2.75, 3.05) is 37.2 Å². The third-order valence-corrected chi connectivity index (χ3v) is 3.34. The second-order valence-corrected chi connectivity index (χ2v) is 4.95. The summed E-state index contributed by atoms with van der Waals surface area (Å²) in [7, 11) is 0. The number of nitrogen functional groups attached to an aromatic ring is 1. The van der Waals surface area contributed by atoms with Crippen molar-refractivity contribution in [2.45, 2.75) is 6.92 Å². The molecule has 1 fully saturated rings. The number of nitrogens with two attached hydrogens (primary N) is 1. The third kappa shape index (κ3) is 3.74. The van der Waals surface area contributed by atoms with Gasteiger partial charge in [-0.25, -0.2) is 0 Å². The average molecular weight is 285 g/mol. The van der Waals surface area contributed by atoms with Gasteiger partial charge in [-0.05, 0) is 24.6 Å². The number of aryl methyl sites for hydroxylation is 1. The Kier molecular flexibility index (Phi) is 4.80. The number of hydrogen-bond donors (Lipinski definition) is 3. The van der Waals surface area contributed by atoms with Gasteiger partial charge in [-0.1, -0.05) is 6.07 Å². The van der Waals surface area contributed by atoms with Crippen LogP contribution in [0, 0.1) is 18.3 Å². The lowest BCUT2D eigenvalue weighted by atomic mass is 10.2. The number of nitriles is 1. The molecule has 0 aliphatic carbocycles. The fraction of sp³-hybridized carbons (Fsp3) is 0.333. The van der Waals surface area contributed by atoms with Gasteiger partial charge in [-0.2, -0.15) is 5.26 Å². The molecule has 0 spiro atoms.